The van der Waals surface area contributed by atoms with Crippen molar-refractivity contribution >= 4 is 11.3 Å². The molecule has 0 aliphatic heterocycles. The van der Waals surface area contributed by atoms with E-state index in [9.17, 15) is 5.11 Å². The van der Waals surface area contributed by atoms with Gasteiger partial charge >= 0.3 is 0 Å². The lowest BCUT2D eigenvalue weighted by Crippen LogP contribution is -2.23. The van der Waals surface area contributed by atoms with Gasteiger partial charge in [-0.25, -0.2) is 4.98 Å². The number of furan rings is 1. The van der Waals surface area contributed by atoms with E-state index in [4.69, 9.17) is 4.42 Å². The molecule has 0 aliphatic carbocycles. The Morgan fingerprint density at radius 1 is 1.59 bits per heavy atom. The van der Waals surface area contributed by atoms with Crippen molar-refractivity contribution in [3.63, 3.8) is 0 Å². The van der Waals surface area contributed by atoms with Gasteiger partial charge in [-0.05, 0) is 26.0 Å². The number of hydrogen-bond acceptors (Lipinski definition) is 5. The van der Waals surface area contributed by atoms with E-state index in [1.54, 1.807) is 29.7 Å². The van der Waals surface area contributed by atoms with Gasteiger partial charge in [0.15, 0.2) is 0 Å². The number of nitrogens with one attached hydrogen (secondary N) is 1. The van der Waals surface area contributed by atoms with E-state index >= 15 is 0 Å². The minimum atomic E-state index is -0.610. The average Bonchev–Trinajstić information content (AvgIpc) is 2.95. The zero-order chi connectivity index (χ0) is 12.3. The summed E-state index contributed by atoms with van der Waals surface area (Å²) in [4.78, 5) is 5.39. The molecule has 2 unspecified atom stereocenters. The Labute approximate surface area is 104 Å². The summed E-state index contributed by atoms with van der Waals surface area (Å²) in [6.45, 7) is 4.51. The molecule has 0 radical (unpaired) electrons. The highest BCUT2D eigenvalue weighted by Gasteiger charge is 2.13. The van der Waals surface area contributed by atoms with Gasteiger partial charge in [-0.15, -0.1) is 11.3 Å². The summed E-state index contributed by atoms with van der Waals surface area (Å²) in [7, 11) is 0. The zero-order valence-electron chi connectivity index (χ0n) is 9.88. The van der Waals surface area contributed by atoms with Crippen LogP contribution in [0.3, 0.4) is 0 Å². The van der Waals surface area contributed by atoms with Crippen LogP contribution in [0.4, 0.5) is 0 Å². The van der Waals surface area contributed by atoms with Crippen LogP contribution >= 0.6 is 11.3 Å². The molecule has 0 bridgehead atoms. The SMILES string of the molecule is Cc1ncc(C(C)NCC(O)c2ccco2)s1. The second-order valence-corrected chi connectivity index (χ2v) is 5.21. The van der Waals surface area contributed by atoms with Crippen LogP contribution in [0.15, 0.2) is 29.0 Å². The predicted molar refractivity (Wildman–Crippen MR) is 66.9 cm³/mol. The summed E-state index contributed by atoms with van der Waals surface area (Å²) in [5.41, 5.74) is 0. The molecule has 2 rings (SSSR count). The van der Waals surface area contributed by atoms with Crippen molar-refractivity contribution < 1.29 is 9.52 Å². The Hall–Kier alpha value is -1.17. The van der Waals surface area contributed by atoms with Crippen molar-refractivity contribution in [3.8, 4) is 0 Å². The Morgan fingerprint density at radius 3 is 3.00 bits per heavy atom. The molecule has 0 aliphatic rings. The third-order valence-corrected chi connectivity index (χ3v) is 3.65. The van der Waals surface area contributed by atoms with Crippen LogP contribution in [0.2, 0.25) is 0 Å². The minimum absolute atomic E-state index is 0.186. The Morgan fingerprint density at radius 2 is 2.41 bits per heavy atom. The maximum absolute atomic E-state index is 9.84. The second-order valence-electron chi connectivity index (χ2n) is 3.94. The van der Waals surface area contributed by atoms with E-state index in [-0.39, 0.29) is 6.04 Å². The number of aryl methyl sites for hydroxylation is 1. The highest BCUT2D eigenvalue weighted by atomic mass is 32.1. The molecule has 4 nitrogen and oxygen atoms in total. The Kier molecular flexibility index (Phi) is 3.93. The summed E-state index contributed by atoms with van der Waals surface area (Å²) in [5.74, 6) is 0.588. The van der Waals surface area contributed by atoms with Gasteiger partial charge in [0.2, 0.25) is 0 Å². The maximum atomic E-state index is 9.84. The third kappa shape index (κ3) is 3.15. The first-order chi connectivity index (χ1) is 8.16. The average molecular weight is 252 g/mol. The van der Waals surface area contributed by atoms with Crippen LogP contribution in [0.25, 0.3) is 0 Å². The first kappa shape index (κ1) is 12.3. The molecule has 0 fully saturated rings. The molecule has 0 amide bonds. The topological polar surface area (TPSA) is 58.3 Å². The standard InChI is InChI=1S/C12H16N2O2S/c1-8(12-7-14-9(2)17-12)13-6-10(15)11-4-3-5-16-11/h3-5,7-8,10,13,15H,6H2,1-2H3. The number of aliphatic hydroxyl groups excluding tert-OH is 1. The minimum Gasteiger partial charge on any atom is -0.467 e. The van der Waals surface area contributed by atoms with Crippen LogP contribution in [0, 0.1) is 6.92 Å². The van der Waals surface area contributed by atoms with Crippen LogP contribution in [0.1, 0.15) is 34.7 Å². The Balaban J connectivity index is 1.86. The lowest BCUT2D eigenvalue weighted by molar-refractivity contribution is 0.144. The summed E-state index contributed by atoms with van der Waals surface area (Å²) < 4.78 is 5.14. The first-order valence-corrected chi connectivity index (χ1v) is 6.35. The highest BCUT2D eigenvalue weighted by Crippen LogP contribution is 2.20. The smallest absolute Gasteiger partial charge is 0.133 e. The second kappa shape index (κ2) is 5.44. The van der Waals surface area contributed by atoms with Crippen molar-refractivity contribution in [2.75, 3.05) is 6.54 Å². The van der Waals surface area contributed by atoms with Crippen molar-refractivity contribution in [1.82, 2.24) is 10.3 Å². The van der Waals surface area contributed by atoms with E-state index < -0.39 is 6.10 Å². The number of thiazole rings is 1. The van der Waals surface area contributed by atoms with Crippen molar-refractivity contribution in [2.45, 2.75) is 26.0 Å². The maximum Gasteiger partial charge on any atom is 0.133 e. The fourth-order valence-electron chi connectivity index (χ4n) is 1.55. The van der Waals surface area contributed by atoms with Crippen molar-refractivity contribution in [1.29, 1.82) is 0 Å². The summed E-state index contributed by atoms with van der Waals surface area (Å²) in [6.07, 6.45) is 2.83. The molecule has 2 N–H and O–H groups in total. The fourth-order valence-corrected chi connectivity index (χ4v) is 2.36. The van der Waals surface area contributed by atoms with Gasteiger partial charge in [0, 0.05) is 23.7 Å². The largest absolute Gasteiger partial charge is 0.467 e. The molecular weight excluding hydrogens is 236 g/mol. The van der Waals surface area contributed by atoms with Crippen LogP contribution in [-0.4, -0.2) is 16.6 Å². The quantitative estimate of drug-likeness (QED) is 0.858. The third-order valence-electron chi connectivity index (χ3n) is 2.55. The van der Waals surface area contributed by atoms with Gasteiger partial charge in [0.25, 0.3) is 0 Å². The molecule has 17 heavy (non-hydrogen) atoms. The first-order valence-electron chi connectivity index (χ1n) is 5.54. The molecular formula is C12H16N2O2S. The number of hydrogen-bond donors (Lipinski definition) is 2. The van der Waals surface area contributed by atoms with Crippen LogP contribution in [-0.2, 0) is 0 Å². The van der Waals surface area contributed by atoms with Gasteiger partial charge in [-0.2, -0.15) is 0 Å². The predicted octanol–water partition coefficient (Wildman–Crippen LogP) is 2.43. The van der Waals surface area contributed by atoms with Crippen LogP contribution < -0.4 is 5.32 Å². The molecule has 2 atom stereocenters. The number of aliphatic hydroxyl groups is 1. The number of rotatable bonds is 5. The summed E-state index contributed by atoms with van der Waals surface area (Å²) in [6, 6.07) is 3.73. The van der Waals surface area contributed by atoms with E-state index in [1.807, 2.05) is 13.1 Å². The number of aromatic nitrogens is 1. The lowest BCUT2D eigenvalue weighted by atomic mass is 10.2. The molecule has 0 aromatic carbocycles. The molecule has 92 valence electrons. The molecule has 0 spiro atoms. The molecule has 5 heteroatoms. The molecule has 2 aromatic heterocycles. The summed E-state index contributed by atoms with van der Waals surface area (Å²) in [5, 5.41) is 14.2. The molecule has 2 aromatic rings. The van der Waals surface area contributed by atoms with E-state index in [0.29, 0.717) is 12.3 Å². The van der Waals surface area contributed by atoms with Gasteiger partial charge in [-0.1, -0.05) is 0 Å². The molecule has 0 saturated carbocycles. The fraction of sp³-hybridized carbons (Fsp3) is 0.417. The van der Waals surface area contributed by atoms with Gasteiger partial charge in [0.05, 0.1) is 11.3 Å². The van der Waals surface area contributed by atoms with Crippen LogP contribution in [0.5, 0.6) is 0 Å². The highest BCUT2D eigenvalue weighted by molar-refractivity contribution is 7.11. The Bertz CT molecular complexity index is 453. The normalized spacial score (nSPS) is 14.8. The zero-order valence-corrected chi connectivity index (χ0v) is 10.7. The van der Waals surface area contributed by atoms with Gasteiger partial charge in [-0.3, -0.25) is 0 Å². The van der Waals surface area contributed by atoms with E-state index in [0.717, 1.165) is 5.01 Å². The number of nitrogens with zero attached hydrogens (tertiary/aromatic N) is 1. The summed E-state index contributed by atoms with van der Waals surface area (Å²) >= 11 is 1.67. The molecule has 0 saturated heterocycles. The van der Waals surface area contributed by atoms with E-state index in [1.165, 1.54) is 4.88 Å². The lowest BCUT2D eigenvalue weighted by Gasteiger charge is -2.14. The molecule has 2 heterocycles. The van der Waals surface area contributed by atoms with Crippen molar-refractivity contribution in [2.24, 2.45) is 0 Å². The van der Waals surface area contributed by atoms with E-state index in [2.05, 4.69) is 17.2 Å². The van der Waals surface area contributed by atoms with Gasteiger partial charge < -0.3 is 14.8 Å². The monoisotopic (exact) mass is 252 g/mol. The van der Waals surface area contributed by atoms with Gasteiger partial charge in [0.1, 0.15) is 11.9 Å². The van der Waals surface area contributed by atoms with Crippen molar-refractivity contribution in [3.05, 3.63) is 40.2 Å².